The molecule has 1 aliphatic carbocycles. The van der Waals surface area contributed by atoms with Gasteiger partial charge in [-0.2, -0.15) is 0 Å². The maximum absolute atomic E-state index is 9.38. The molecule has 100 valence electrons. The highest BCUT2D eigenvalue weighted by molar-refractivity contribution is 9.11. The van der Waals surface area contributed by atoms with Crippen molar-refractivity contribution in [2.75, 3.05) is 6.61 Å². The van der Waals surface area contributed by atoms with E-state index in [0.717, 1.165) is 34.0 Å². The Bertz CT molecular complexity index is 401. The molecule has 1 saturated carbocycles. The number of nitrogens with zero attached hydrogens (tertiary/aromatic N) is 1. The van der Waals surface area contributed by atoms with Crippen LogP contribution in [-0.4, -0.2) is 22.7 Å². The number of rotatable bonds is 4. The van der Waals surface area contributed by atoms with Gasteiger partial charge in [-0.3, -0.25) is 4.98 Å². The summed E-state index contributed by atoms with van der Waals surface area (Å²) in [5.74, 6) is 0.396. The molecule has 5 heteroatoms. The highest BCUT2D eigenvalue weighted by Crippen LogP contribution is 2.25. The Morgan fingerprint density at radius 3 is 2.83 bits per heavy atom. The Balaban J connectivity index is 1.93. The third-order valence-electron chi connectivity index (χ3n) is 3.56. The van der Waals surface area contributed by atoms with Crippen molar-refractivity contribution in [3.63, 3.8) is 0 Å². The second kappa shape index (κ2) is 6.98. The lowest BCUT2D eigenvalue weighted by molar-refractivity contribution is 0.152. The number of hydrogen-bond acceptors (Lipinski definition) is 3. The largest absolute Gasteiger partial charge is 0.396 e. The van der Waals surface area contributed by atoms with Crippen molar-refractivity contribution in [1.29, 1.82) is 0 Å². The molecule has 2 unspecified atom stereocenters. The second-order valence-corrected chi connectivity index (χ2v) is 6.57. The summed E-state index contributed by atoms with van der Waals surface area (Å²) in [6, 6.07) is 2.43. The molecule has 1 aromatic rings. The van der Waals surface area contributed by atoms with Gasteiger partial charge in [-0.25, -0.2) is 0 Å². The van der Waals surface area contributed by atoms with Gasteiger partial charge in [0.1, 0.15) is 0 Å². The number of pyridine rings is 1. The minimum Gasteiger partial charge on any atom is -0.396 e. The molecule has 0 bridgehead atoms. The van der Waals surface area contributed by atoms with E-state index >= 15 is 0 Å². The van der Waals surface area contributed by atoms with E-state index in [0.29, 0.717) is 12.0 Å². The van der Waals surface area contributed by atoms with Crippen LogP contribution in [0.1, 0.15) is 31.4 Å². The van der Waals surface area contributed by atoms with Crippen molar-refractivity contribution in [1.82, 2.24) is 10.3 Å². The van der Waals surface area contributed by atoms with Crippen LogP contribution in [0.2, 0.25) is 0 Å². The second-order valence-electron chi connectivity index (χ2n) is 4.80. The van der Waals surface area contributed by atoms with E-state index in [2.05, 4.69) is 42.2 Å². The first-order chi connectivity index (χ1) is 8.70. The van der Waals surface area contributed by atoms with Crippen LogP contribution in [0.4, 0.5) is 0 Å². The van der Waals surface area contributed by atoms with Crippen LogP contribution in [0.5, 0.6) is 0 Å². The lowest BCUT2D eigenvalue weighted by Crippen LogP contribution is -2.39. The van der Waals surface area contributed by atoms with Crippen molar-refractivity contribution in [2.24, 2.45) is 5.92 Å². The number of nitrogens with one attached hydrogen (secondary N) is 1. The maximum Gasteiger partial charge on any atom is 0.0684 e. The molecular formula is C13H18Br2N2O. The molecule has 1 fully saturated rings. The molecule has 0 saturated heterocycles. The summed E-state index contributed by atoms with van der Waals surface area (Å²) in [6.45, 7) is 1.03. The summed E-state index contributed by atoms with van der Waals surface area (Å²) < 4.78 is 1.99. The lowest BCUT2D eigenvalue weighted by Gasteiger charge is -2.31. The van der Waals surface area contributed by atoms with Crippen molar-refractivity contribution in [3.8, 4) is 0 Å². The average Bonchev–Trinajstić information content (AvgIpc) is 2.38. The van der Waals surface area contributed by atoms with Crippen LogP contribution in [0.3, 0.4) is 0 Å². The highest BCUT2D eigenvalue weighted by Gasteiger charge is 2.24. The lowest BCUT2D eigenvalue weighted by atomic mass is 9.85. The normalized spacial score (nSPS) is 24.2. The Morgan fingerprint density at radius 1 is 1.33 bits per heavy atom. The fraction of sp³-hybridized carbons (Fsp3) is 0.615. The number of aromatic nitrogens is 1. The Morgan fingerprint density at radius 2 is 2.11 bits per heavy atom. The molecule has 2 N–H and O–H groups in total. The predicted octanol–water partition coefficient (Wildman–Crippen LogP) is 3.25. The van der Waals surface area contributed by atoms with Crippen molar-refractivity contribution in [2.45, 2.75) is 38.3 Å². The van der Waals surface area contributed by atoms with Crippen molar-refractivity contribution < 1.29 is 5.11 Å². The highest BCUT2D eigenvalue weighted by atomic mass is 79.9. The smallest absolute Gasteiger partial charge is 0.0684 e. The van der Waals surface area contributed by atoms with Gasteiger partial charge in [-0.15, -0.1) is 0 Å². The SMILES string of the molecule is OCC1CCCCC1NCc1ncc(Br)cc1Br. The van der Waals surface area contributed by atoms with Crippen molar-refractivity contribution in [3.05, 3.63) is 26.9 Å². The molecule has 2 atom stereocenters. The van der Waals surface area contributed by atoms with Gasteiger partial charge in [-0.05, 0) is 56.7 Å². The maximum atomic E-state index is 9.38. The van der Waals surface area contributed by atoms with Crippen LogP contribution >= 0.6 is 31.9 Å². The van der Waals surface area contributed by atoms with Gasteiger partial charge in [0, 0.05) is 34.3 Å². The van der Waals surface area contributed by atoms with Crippen LogP contribution in [0.25, 0.3) is 0 Å². The molecule has 1 heterocycles. The molecule has 1 aromatic heterocycles. The summed E-state index contributed by atoms with van der Waals surface area (Å²) in [6.07, 6.45) is 6.58. The van der Waals surface area contributed by atoms with Gasteiger partial charge in [0.25, 0.3) is 0 Å². The average molecular weight is 378 g/mol. The molecule has 0 aliphatic heterocycles. The first-order valence-corrected chi connectivity index (χ1v) is 7.93. The first-order valence-electron chi connectivity index (χ1n) is 6.35. The first kappa shape index (κ1) is 14.4. The fourth-order valence-corrected chi connectivity index (χ4v) is 3.62. The number of halogens is 2. The number of aliphatic hydroxyl groups is 1. The van der Waals surface area contributed by atoms with Crippen molar-refractivity contribution >= 4 is 31.9 Å². The summed E-state index contributed by atoms with van der Waals surface area (Å²) in [4.78, 5) is 4.39. The standard InChI is InChI=1S/C13H18Br2N2O/c14-10-5-11(15)13(16-6-10)7-17-12-4-2-1-3-9(12)8-18/h5-6,9,12,17-18H,1-4,7-8H2. The van der Waals surface area contributed by atoms with Gasteiger partial charge in [0.15, 0.2) is 0 Å². The quantitative estimate of drug-likeness (QED) is 0.846. The summed E-state index contributed by atoms with van der Waals surface area (Å²) >= 11 is 6.92. The van der Waals surface area contributed by atoms with E-state index < -0.39 is 0 Å². The molecule has 3 nitrogen and oxygen atoms in total. The predicted molar refractivity (Wildman–Crippen MR) is 79.3 cm³/mol. The molecule has 0 spiro atoms. The molecule has 2 rings (SSSR count). The molecular weight excluding hydrogens is 360 g/mol. The zero-order chi connectivity index (χ0) is 13.0. The van der Waals surface area contributed by atoms with Gasteiger partial charge in [-0.1, -0.05) is 12.8 Å². The van der Waals surface area contributed by atoms with Gasteiger partial charge in [0.2, 0.25) is 0 Å². The minimum atomic E-state index is 0.284. The number of aliphatic hydroxyl groups excluding tert-OH is 1. The van der Waals surface area contributed by atoms with E-state index in [9.17, 15) is 5.11 Å². The van der Waals surface area contributed by atoms with Crippen LogP contribution in [0.15, 0.2) is 21.2 Å². The van der Waals surface area contributed by atoms with Crippen LogP contribution < -0.4 is 5.32 Å². The van der Waals surface area contributed by atoms with E-state index in [1.165, 1.54) is 12.8 Å². The van der Waals surface area contributed by atoms with Gasteiger partial charge in [0.05, 0.1) is 5.69 Å². The summed E-state index contributed by atoms with van der Waals surface area (Å²) in [7, 11) is 0. The van der Waals surface area contributed by atoms with Crippen LogP contribution in [0, 0.1) is 5.92 Å². The van der Waals surface area contributed by atoms with E-state index in [-0.39, 0.29) is 6.61 Å². The third kappa shape index (κ3) is 3.76. The third-order valence-corrected chi connectivity index (χ3v) is 4.68. The Hall–Kier alpha value is 0.0300. The monoisotopic (exact) mass is 376 g/mol. The molecule has 1 aliphatic rings. The zero-order valence-electron chi connectivity index (χ0n) is 10.2. The topological polar surface area (TPSA) is 45.1 Å². The van der Waals surface area contributed by atoms with Crippen LogP contribution in [-0.2, 0) is 6.54 Å². The fourth-order valence-electron chi connectivity index (χ4n) is 2.50. The molecule has 0 amide bonds. The van der Waals surface area contributed by atoms with E-state index in [1.807, 2.05) is 12.3 Å². The minimum absolute atomic E-state index is 0.284. The molecule has 18 heavy (non-hydrogen) atoms. The van der Waals surface area contributed by atoms with E-state index in [4.69, 9.17) is 0 Å². The summed E-state index contributed by atoms with van der Waals surface area (Å²) in [5.41, 5.74) is 1.01. The van der Waals surface area contributed by atoms with Gasteiger partial charge >= 0.3 is 0 Å². The molecule has 0 radical (unpaired) electrons. The van der Waals surface area contributed by atoms with Gasteiger partial charge < -0.3 is 10.4 Å². The summed E-state index contributed by atoms with van der Waals surface area (Å²) in [5, 5.41) is 12.9. The Kier molecular flexibility index (Phi) is 5.60. The molecule has 0 aromatic carbocycles. The Labute approximate surface area is 125 Å². The van der Waals surface area contributed by atoms with E-state index in [1.54, 1.807) is 0 Å². The number of hydrogen-bond donors (Lipinski definition) is 2. The zero-order valence-corrected chi connectivity index (χ0v) is 13.4.